The summed E-state index contributed by atoms with van der Waals surface area (Å²) in [5.74, 6) is 0.316. The van der Waals surface area contributed by atoms with Gasteiger partial charge in [-0.2, -0.15) is 0 Å². The van der Waals surface area contributed by atoms with Crippen molar-refractivity contribution in [2.45, 2.75) is 70.7 Å². The van der Waals surface area contributed by atoms with Gasteiger partial charge in [-0.1, -0.05) is 13.0 Å². The first kappa shape index (κ1) is 23.2. The van der Waals surface area contributed by atoms with Crippen LogP contribution >= 0.6 is 0 Å². The van der Waals surface area contributed by atoms with Crippen LogP contribution in [0, 0.1) is 0 Å². The van der Waals surface area contributed by atoms with E-state index in [0.717, 1.165) is 18.4 Å². The number of nitrogens with zero attached hydrogens (tertiary/aromatic N) is 2. The average Bonchev–Trinajstić information content (AvgIpc) is 3.55. The molecular formula is C23H34N2O6. The van der Waals surface area contributed by atoms with Gasteiger partial charge in [0.1, 0.15) is 5.60 Å². The summed E-state index contributed by atoms with van der Waals surface area (Å²) < 4.78 is 16.4. The molecule has 2 atom stereocenters. The molecule has 1 aliphatic heterocycles. The number of carbonyl (C=O) groups is 2. The third-order valence-electron chi connectivity index (χ3n) is 5.50. The molecule has 0 spiro atoms. The fourth-order valence-corrected chi connectivity index (χ4v) is 3.91. The third-order valence-corrected chi connectivity index (χ3v) is 5.50. The first-order valence-electron chi connectivity index (χ1n) is 10.9. The topological polar surface area (TPSA) is 88.5 Å². The minimum absolute atomic E-state index is 0.0478. The monoisotopic (exact) mass is 434 g/mol. The molecule has 1 aromatic carbocycles. The summed E-state index contributed by atoms with van der Waals surface area (Å²) >= 11 is 0. The molecule has 8 heteroatoms. The molecule has 8 nitrogen and oxygen atoms in total. The summed E-state index contributed by atoms with van der Waals surface area (Å²) in [6.45, 7) is 8.32. The van der Waals surface area contributed by atoms with E-state index in [1.165, 1.54) is 7.11 Å². The molecule has 1 aromatic rings. The van der Waals surface area contributed by atoms with Crippen LogP contribution in [0.5, 0.6) is 11.5 Å². The van der Waals surface area contributed by atoms with Crippen LogP contribution in [-0.2, 0) is 14.3 Å². The van der Waals surface area contributed by atoms with Gasteiger partial charge in [0, 0.05) is 12.6 Å². The van der Waals surface area contributed by atoms with Crippen molar-refractivity contribution in [2.24, 2.45) is 0 Å². The summed E-state index contributed by atoms with van der Waals surface area (Å²) in [5, 5.41) is 10.2. The Balaban J connectivity index is 1.78. The molecule has 2 aliphatic rings. The van der Waals surface area contributed by atoms with E-state index in [1.54, 1.807) is 17.0 Å². The molecule has 0 radical (unpaired) electrons. The van der Waals surface area contributed by atoms with E-state index in [0.29, 0.717) is 18.7 Å². The second-order valence-electron chi connectivity index (χ2n) is 9.12. The van der Waals surface area contributed by atoms with Crippen LogP contribution in [0.15, 0.2) is 18.2 Å². The predicted molar refractivity (Wildman–Crippen MR) is 115 cm³/mol. The molecule has 1 unspecified atom stereocenters. The fraction of sp³-hybridized carbons (Fsp3) is 0.652. The van der Waals surface area contributed by atoms with Gasteiger partial charge >= 0.3 is 6.09 Å². The Kier molecular flexibility index (Phi) is 6.99. The largest absolute Gasteiger partial charge is 0.504 e. The molecule has 1 saturated heterocycles. The van der Waals surface area contributed by atoms with Crippen molar-refractivity contribution in [1.29, 1.82) is 0 Å². The Morgan fingerprint density at radius 2 is 2.03 bits per heavy atom. The average molecular weight is 435 g/mol. The lowest BCUT2D eigenvalue weighted by Gasteiger charge is -2.38. The van der Waals surface area contributed by atoms with Gasteiger partial charge in [-0.25, -0.2) is 4.79 Å². The molecule has 31 heavy (non-hydrogen) atoms. The van der Waals surface area contributed by atoms with Gasteiger partial charge in [0.15, 0.2) is 17.6 Å². The maximum atomic E-state index is 13.5. The van der Waals surface area contributed by atoms with Crippen LogP contribution in [0.3, 0.4) is 0 Å². The Morgan fingerprint density at radius 1 is 1.32 bits per heavy atom. The maximum Gasteiger partial charge on any atom is 0.410 e. The highest BCUT2D eigenvalue weighted by Gasteiger charge is 2.42. The van der Waals surface area contributed by atoms with Crippen molar-refractivity contribution in [2.75, 3.05) is 26.8 Å². The number of ether oxygens (including phenoxy) is 3. The highest BCUT2D eigenvalue weighted by atomic mass is 16.6. The lowest BCUT2D eigenvalue weighted by atomic mass is 10.0. The van der Waals surface area contributed by atoms with Gasteiger partial charge in [-0.3, -0.25) is 4.79 Å². The standard InChI is InChI=1S/C23H34N2O6/c1-6-17(15-7-10-19(29-5)18(26)13-15)25(16-8-9-16)21(27)20-14-24(11-12-30-20)22(28)31-23(2,3)4/h7,10,13,16-17,20,26H,6,8-9,11-12,14H2,1-5H3/t17?,20-/m1/s1. The summed E-state index contributed by atoms with van der Waals surface area (Å²) in [7, 11) is 1.50. The van der Waals surface area contributed by atoms with Crippen LogP contribution < -0.4 is 4.74 Å². The zero-order valence-electron chi connectivity index (χ0n) is 19.1. The van der Waals surface area contributed by atoms with Gasteiger partial charge < -0.3 is 29.1 Å². The Bertz CT molecular complexity index is 802. The molecule has 2 fully saturated rings. The van der Waals surface area contributed by atoms with E-state index in [2.05, 4.69) is 0 Å². The van der Waals surface area contributed by atoms with E-state index in [9.17, 15) is 14.7 Å². The smallest absolute Gasteiger partial charge is 0.410 e. The van der Waals surface area contributed by atoms with E-state index in [4.69, 9.17) is 14.2 Å². The summed E-state index contributed by atoms with van der Waals surface area (Å²) in [6, 6.07) is 5.19. The first-order valence-corrected chi connectivity index (χ1v) is 10.9. The number of amides is 2. The lowest BCUT2D eigenvalue weighted by Crippen LogP contribution is -2.54. The highest BCUT2D eigenvalue weighted by molar-refractivity contribution is 5.83. The lowest BCUT2D eigenvalue weighted by molar-refractivity contribution is -0.152. The van der Waals surface area contributed by atoms with Crippen molar-refractivity contribution in [1.82, 2.24) is 9.80 Å². The van der Waals surface area contributed by atoms with Crippen LogP contribution in [0.1, 0.15) is 58.6 Å². The van der Waals surface area contributed by atoms with E-state index in [1.807, 2.05) is 38.7 Å². The molecule has 1 N–H and O–H groups in total. The van der Waals surface area contributed by atoms with Crippen LogP contribution in [0.4, 0.5) is 4.79 Å². The van der Waals surface area contributed by atoms with Gasteiger partial charge in [-0.15, -0.1) is 0 Å². The number of hydrogen-bond acceptors (Lipinski definition) is 6. The third kappa shape index (κ3) is 5.61. The van der Waals surface area contributed by atoms with Crippen molar-refractivity contribution in [3.8, 4) is 11.5 Å². The van der Waals surface area contributed by atoms with Gasteiger partial charge in [0.2, 0.25) is 0 Å². The summed E-state index contributed by atoms with van der Waals surface area (Å²) in [5.41, 5.74) is 0.249. The van der Waals surface area contributed by atoms with Crippen molar-refractivity contribution >= 4 is 12.0 Å². The van der Waals surface area contributed by atoms with Crippen molar-refractivity contribution in [3.05, 3.63) is 23.8 Å². The van der Waals surface area contributed by atoms with Crippen molar-refractivity contribution < 1.29 is 28.9 Å². The number of phenols is 1. The van der Waals surface area contributed by atoms with E-state index in [-0.39, 0.29) is 36.9 Å². The fourth-order valence-electron chi connectivity index (χ4n) is 3.91. The minimum Gasteiger partial charge on any atom is -0.504 e. The van der Waals surface area contributed by atoms with E-state index < -0.39 is 17.8 Å². The Hall–Kier alpha value is -2.48. The maximum absolute atomic E-state index is 13.5. The molecular weight excluding hydrogens is 400 g/mol. The number of methoxy groups -OCH3 is 1. The second kappa shape index (κ2) is 9.34. The predicted octanol–water partition coefficient (Wildman–Crippen LogP) is 3.48. The molecule has 1 heterocycles. The molecule has 3 rings (SSSR count). The number of phenolic OH excluding ortho intramolecular Hbond substituents is 1. The molecule has 1 aliphatic carbocycles. The Labute approximate surface area is 184 Å². The number of rotatable bonds is 6. The zero-order valence-corrected chi connectivity index (χ0v) is 19.1. The minimum atomic E-state index is -0.734. The first-order chi connectivity index (χ1) is 14.6. The van der Waals surface area contributed by atoms with Crippen LogP contribution in [-0.4, -0.2) is 71.5 Å². The number of morpholine rings is 1. The van der Waals surface area contributed by atoms with Crippen LogP contribution in [0.2, 0.25) is 0 Å². The number of hydrogen-bond donors (Lipinski definition) is 1. The van der Waals surface area contributed by atoms with Gasteiger partial charge in [0.25, 0.3) is 5.91 Å². The number of carbonyl (C=O) groups excluding carboxylic acids is 2. The Morgan fingerprint density at radius 3 is 2.58 bits per heavy atom. The number of aromatic hydroxyl groups is 1. The normalized spacial score (nSPS) is 20.2. The number of benzene rings is 1. The molecule has 172 valence electrons. The quantitative estimate of drug-likeness (QED) is 0.737. The second-order valence-corrected chi connectivity index (χ2v) is 9.12. The van der Waals surface area contributed by atoms with Crippen LogP contribution in [0.25, 0.3) is 0 Å². The summed E-state index contributed by atoms with van der Waals surface area (Å²) in [4.78, 5) is 29.5. The van der Waals surface area contributed by atoms with Gasteiger partial charge in [-0.05, 0) is 57.7 Å². The zero-order chi connectivity index (χ0) is 22.8. The molecule has 2 amide bonds. The molecule has 0 bridgehead atoms. The summed E-state index contributed by atoms with van der Waals surface area (Å²) in [6.07, 6.45) is 1.40. The van der Waals surface area contributed by atoms with Crippen molar-refractivity contribution in [3.63, 3.8) is 0 Å². The molecule has 1 saturated carbocycles. The highest BCUT2D eigenvalue weighted by Crippen LogP contribution is 2.39. The van der Waals surface area contributed by atoms with Gasteiger partial charge in [0.05, 0.1) is 26.3 Å². The SMILES string of the molecule is CCC(c1ccc(OC)c(O)c1)N(C(=O)[C@H]1CN(C(=O)OC(C)(C)C)CCO1)C1CC1. The van der Waals surface area contributed by atoms with E-state index >= 15 is 0 Å². The molecule has 0 aromatic heterocycles.